The molecule has 2 heterocycles. The van der Waals surface area contributed by atoms with Gasteiger partial charge in [-0.3, -0.25) is 29.0 Å². The SMILES string of the molecule is CC1(C)[C@H]2CC[C@]1(C)C(=O)N(CCCCN1C(=O)[C@@H]3CC[C@](C)(C1=O)C3(C)C)C2=O. The predicted molar refractivity (Wildman–Crippen MR) is 112 cm³/mol. The highest BCUT2D eigenvalue weighted by molar-refractivity contribution is 6.04. The van der Waals surface area contributed by atoms with Gasteiger partial charge in [0, 0.05) is 24.9 Å². The van der Waals surface area contributed by atoms with Crippen molar-refractivity contribution in [3.05, 3.63) is 0 Å². The minimum absolute atomic E-state index is 0.0441. The second-order valence-corrected chi connectivity index (χ2v) is 11.6. The Balaban J connectivity index is 1.38. The van der Waals surface area contributed by atoms with E-state index in [9.17, 15) is 19.2 Å². The topological polar surface area (TPSA) is 74.8 Å². The van der Waals surface area contributed by atoms with Crippen LogP contribution in [-0.2, 0) is 19.2 Å². The summed E-state index contributed by atoms with van der Waals surface area (Å²) in [6, 6.07) is 0. The van der Waals surface area contributed by atoms with Crippen LogP contribution in [-0.4, -0.2) is 46.5 Å². The maximum absolute atomic E-state index is 13.1. The van der Waals surface area contributed by atoms with E-state index in [4.69, 9.17) is 0 Å². The highest BCUT2D eigenvalue weighted by Crippen LogP contribution is 2.61. The number of amides is 4. The summed E-state index contributed by atoms with van der Waals surface area (Å²) >= 11 is 0. The second-order valence-electron chi connectivity index (χ2n) is 11.6. The van der Waals surface area contributed by atoms with E-state index in [0.29, 0.717) is 25.9 Å². The van der Waals surface area contributed by atoms with Gasteiger partial charge in [0.2, 0.25) is 23.6 Å². The molecular formula is C24H36N2O4. The highest BCUT2D eigenvalue weighted by atomic mass is 16.2. The number of hydrogen-bond donors (Lipinski definition) is 0. The molecule has 2 aliphatic heterocycles. The van der Waals surface area contributed by atoms with Crippen LogP contribution in [0.4, 0.5) is 0 Å². The van der Waals surface area contributed by atoms with Crippen LogP contribution in [0, 0.1) is 33.5 Å². The van der Waals surface area contributed by atoms with Crippen LogP contribution in [0.25, 0.3) is 0 Å². The highest BCUT2D eigenvalue weighted by Gasteiger charge is 2.65. The number of unbranched alkanes of at least 4 members (excludes halogenated alkanes) is 1. The molecular weight excluding hydrogens is 380 g/mol. The number of carbonyl (C=O) groups excluding carboxylic acids is 4. The van der Waals surface area contributed by atoms with Crippen molar-refractivity contribution in [1.82, 2.24) is 9.80 Å². The van der Waals surface area contributed by atoms with Gasteiger partial charge in [-0.1, -0.05) is 41.5 Å². The summed E-state index contributed by atoms with van der Waals surface area (Å²) in [7, 11) is 0. The molecule has 4 bridgehead atoms. The first kappa shape index (κ1) is 21.5. The standard InChI is InChI=1S/C24H36N2O4/c1-21(2)15-9-11-23(21,5)19(29)25(17(15)27)13-7-8-14-26-18(28)16-10-12-24(6,20(26)30)22(16,3)4/h15-16H,7-14H2,1-6H3/t15-,16-,23+,24+/m0/s1. The minimum Gasteiger partial charge on any atom is -0.282 e. The molecule has 4 aliphatic rings. The second kappa shape index (κ2) is 6.39. The van der Waals surface area contributed by atoms with Gasteiger partial charge in [0.1, 0.15) is 0 Å². The summed E-state index contributed by atoms with van der Waals surface area (Å²) in [6.07, 6.45) is 4.30. The van der Waals surface area contributed by atoms with Crippen LogP contribution in [0.5, 0.6) is 0 Å². The molecule has 4 rings (SSSR count). The van der Waals surface area contributed by atoms with E-state index in [1.165, 1.54) is 9.80 Å². The number of rotatable bonds is 5. The fourth-order valence-corrected chi connectivity index (χ4v) is 6.77. The first-order valence-electron chi connectivity index (χ1n) is 11.5. The van der Waals surface area contributed by atoms with Crippen LogP contribution in [0.3, 0.4) is 0 Å². The fourth-order valence-electron chi connectivity index (χ4n) is 6.77. The van der Waals surface area contributed by atoms with E-state index in [0.717, 1.165) is 25.7 Å². The summed E-state index contributed by atoms with van der Waals surface area (Å²) in [5.74, 6) is -0.381. The maximum atomic E-state index is 13.1. The zero-order valence-electron chi connectivity index (χ0n) is 19.3. The van der Waals surface area contributed by atoms with Crippen LogP contribution in [0.2, 0.25) is 0 Å². The summed E-state index contributed by atoms with van der Waals surface area (Å²) < 4.78 is 0. The normalized spacial score (nSPS) is 39.3. The van der Waals surface area contributed by atoms with Crippen molar-refractivity contribution in [3.63, 3.8) is 0 Å². The van der Waals surface area contributed by atoms with Crippen molar-refractivity contribution in [2.24, 2.45) is 33.5 Å². The number of nitrogens with zero attached hydrogens (tertiary/aromatic N) is 2. The smallest absolute Gasteiger partial charge is 0.235 e. The average molecular weight is 417 g/mol. The van der Waals surface area contributed by atoms with E-state index >= 15 is 0 Å². The van der Waals surface area contributed by atoms with Gasteiger partial charge in [-0.2, -0.15) is 0 Å². The monoisotopic (exact) mass is 416 g/mol. The van der Waals surface area contributed by atoms with E-state index < -0.39 is 10.8 Å². The fraction of sp³-hybridized carbons (Fsp3) is 0.833. The van der Waals surface area contributed by atoms with Gasteiger partial charge < -0.3 is 0 Å². The quantitative estimate of drug-likeness (QED) is 0.509. The minimum atomic E-state index is -0.482. The predicted octanol–water partition coefficient (Wildman–Crippen LogP) is 3.39. The average Bonchev–Trinajstić information content (AvgIpc) is 2.97. The van der Waals surface area contributed by atoms with E-state index in [-0.39, 0.29) is 46.3 Å². The first-order chi connectivity index (χ1) is 13.8. The van der Waals surface area contributed by atoms with Gasteiger partial charge in [0.05, 0.1) is 10.8 Å². The summed E-state index contributed by atoms with van der Waals surface area (Å²) in [4.78, 5) is 55.1. The molecule has 2 saturated carbocycles. The Morgan fingerprint density at radius 1 is 0.667 bits per heavy atom. The Kier molecular flexibility index (Phi) is 4.58. The van der Waals surface area contributed by atoms with Crippen molar-refractivity contribution < 1.29 is 19.2 Å². The lowest BCUT2D eigenvalue weighted by Gasteiger charge is -2.48. The van der Waals surface area contributed by atoms with Gasteiger partial charge in [0.15, 0.2) is 0 Å². The molecule has 0 aromatic heterocycles. The van der Waals surface area contributed by atoms with E-state index in [1.807, 2.05) is 41.5 Å². The number of fused-ring (bicyclic) bond motifs is 4. The van der Waals surface area contributed by atoms with Gasteiger partial charge in [-0.05, 0) is 49.4 Å². The van der Waals surface area contributed by atoms with Crippen LogP contribution in [0.1, 0.15) is 80.1 Å². The molecule has 0 radical (unpaired) electrons. The molecule has 0 unspecified atom stereocenters. The lowest BCUT2D eigenvalue weighted by molar-refractivity contribution is -0.170. The summed E-state index contributed by atoms with van der Waals surface area (Å²) in [5.41, 5.74) is -1.56. The molecule has 0 aromatic carbocycles. The number of piperidine rings is 2. The van der Waals surface area contributed by atoms with E-state index in [1.54, 1.807) is 0 Å². The molecule has 0 spiro atoms. The zero-order chi connectivity index (χ0) is 22.3. The van der Waals surface area contributed by atoms with E-state index in [2.05, 4.69) is 0 Å². The van der Waals surface area contributed by atoms with Gasteiger partial charge >= 0.3 is 0 Å². The van der Waals surface area contributed by atoms with Crippen LogP contribution in [0.15, 0.2) is 0 Å². The first-order valence-corrected chi connectivity index (χ1v) is 11.5. The molecule has 4 atom stereocenters. The third kappa shape index (κ3) is 2.42. The Bertz CT molecular complexity index is 763. The number of hydrogen-bond acceptors (Lipinski definition) is 4. The van der Waals surface area contributed by atoms with Crippen molar-refractivity contribution in [1.29, 1.82) is 0 Å². The van der Waals surface area contributed by atoms with Crippen molar-refractivity contribution in [3.8, 4) is 0 Å². The Labute approximate surface area is 179 Å². The molecule has 6 nitrogen and oxygen atoms in total. The number of carbonyl (C=O) groups is 4. The maximum Gasteiger partial charge on any atom is 0.235 e. The van der Waals surface area contributed by atoms with Crippen molar-refractivity contribution in [2.75, 3.05) is 13.1 Å². The van der Waals surface area contributed by atoms with Gasteiger partial charge in [-0.15, -0.1) is 0 Å². The van der Waals surface area contributed by atoms with Crippen molar-refractivity contribution >= 4 is 23.6 Å². The molecule has 166 valence electrons. The molecule has 2 aliphatic carbocycles. The Morgan fingerprint density at radius 3 is 1.33 bits per heavy atom. The van der Waals surface area contributed by atoms with Gasteiger partial charge in [-0.25, -0.2) is 0 Å². The third-order valence-electron chi connectivity index (χ3n) is 10.0. The Hall–Kier alpha value is -1.72. The third-order valence-corrected chi connectivity index (χ3v) is 10.0. The largest absolute Gasteiger partial charge is 0.282 e. The van der Waals surface area contributed by atoms with Gasteiger partial charge in [0.25, 0.3) is 0 Å². The molecule has 6 heteroatoms. The lowest BCUT2D eigenvalue weighted by Crippen LogP contribution is -2.59. The molecule has 4 amide bonds. The zero-order valence-corrected chi connectivity index (χ0v) is 19.3. The molecule has 0 N–H and O–H groups in total. The molecule has 0 aromatic rings. The number of imide groups is 2. The molecule has 4 fully saturated rings. The van der Waals surface area contributed by atoms with Crippen molar-refractivity contribution in [2.45, 2.75) is 80.1 Å². The summed E-state index contributed by atoms with van der Waals surface area (Å²) in [6.45, 7) is 12.9. The number of likely N-dealkylation sites (tertiary alicyclic amines) is 2. The molecule has 30 heavy (non-hydrogen) atoms. The Morgan fingerprint density at radius 2 is 1.00 bits per heavy atom. The van der Waals surface area contributed by atoms with Crippen LogP contribution >= 0.6 is 0 Å². The summed E-state index contributed by atoms with van der Waals surface area (Å²) in [5, 5.41) is 0. The molecule has 2 saturated heterocycles. The lowest BCUT2D eigenvalue weighted by atomic mass is 9.62. The van der Waals surface area contributed by atoms with Crippen LogP contribution < -0.4 is 0 Å².